The van der Waals surface area contributed by atoms with Gasteiger partial charge in [0.2, 0.25) is 5.16 Å². The van der Waals surface area contributed by atoms with Crippen molar-refractivity contribution >= 4 is 64.0 Å². The molecule has 1 N–H and O–H groups in total. The highest BCUT2D eigenvalue weighted by molar-refractivity contribution is 7.99. The van der Waals surface area contributed by atoms with E-state index < -0.39 is 22.5 Å². The SMILES string of the molecule is CCOC(=O)C1=C(C)N=c2s/c(=C/c3ccc(Sc4n[nH]c(-c5ccc(Cl)cc5Cl)n4)c([N+](=O)[O-])c3)c(=O)n2[C@@H]1c1ccc(OC)c(OC)c1. The number of carbonyl (C=O) groups is 1. The number of ether oxygens (including phenoxy) is 3. The van der Waals surface area contributed by atoms with Gasteiger partial charge in [0.25, 0.3) is 11.2 Å². The van der Waals surface area contributed by atoms with Crippen molar-refractivity contribution in [3.8, 4) is 22.9 Å². The van der Waals surface area contributed by atoms with E-state index in [4.69, 9.17) is 37.4 Å². The molecule has 3 aromatic carbocycles. The normalized spacial score (nSPS) is 14.3. The number of nitro benzene ring substituents is 1. The Kier molecular flexibility index (Phi) is 10.1. The van der Waals surface area contributed by atoms with Crippen molar-refractivity contribution in [2.45, 2.75) is 29.9 Å². The largest absolute Gasteiger partial charge is 0.493 e. The smallest absolute Gasteiger partial charge is 0.338 e. The number of thiazole rings is 1. The summed E-state index contributed by atoms with van der Waals surface area (Å²) >= 11 is 14.4. The van der Waals surface area contributed by atoms with E-state index >= 15 is 0 Å². The van der Waals surface area contributed by atoms with Crippen LogP contribution in [0.4, 0.5) is 5.69 Å². The first-order valence-electron chi connectivity index (χ1n) is 14.8. The van der Waals surface area contributed by atoms with Gasteiger partial charge in [-0.25, -0.2) is 14.8 Å². The van der Waals surface area contributed by atoms with Crippen molar-refractivity contribution in [3.05, 3.63) is 117 Å². The summed E-state index contributed by atoms with van der Waals surface area (Å²) in [6, 6.07) is 13.7. The monoisotopic (exact) mass is 752 g/mol. The molecule has 6 rings (SSSR count). The van der Waals surface area contributed by atoms with Gasteiger partial charge in [-0.1, -0.05) is 46.7 Å². The Hall–Kier alpha value is -4.96. The first kappa shape index (κ1) is 34.9. The molecule has 0 spiro atoms. The number of fused-ring (bicyclic) bond motifs is 1. The lowest BCUT2D eigenvalue weighted by atomic mass is 9.95. The Labute approximate surface area is 302 Å². The van der Waals surface area contributed by atoms with E-state index in [2.05, 4.69) is 20.2 Å². The summed E-state index contributed by atoms with van der Waals surface area (Å²) in [6.07, 6.45) is 1.55. The lowest BCUT2D eigenvalue weighted by Gasteiger charge is -2.25. The number of benzene rings is 3. The molecule has 1 aliphatic heterocycles. The van der Waals surface area contributed by atoms with Crippen molar-refractivity contribution < 1.29 is 23.9 Å². The number of nitro groups is 1. The van der Waals surface area contributed by atoms with Crippen LogP contribution in [0.2, 0.25) is 10.0 Å². The lowest BCUT2D eigenvalue weighted by Crippen LogP contribution is -2.40. The molecule has 1 atom stereocenters. The third kappa shape index (κ3) is 6.76. The molecule has 0 saturated carbocycles. The van der Waals surface area contributed by atoms with E-state index in [1.807, 2.05) is 0 Å². The van der Waals surface area contributed by atoms with Crippen LogP contribution >= 0.6 is 46.3 Å². The zero-order valence-corrected chi connectivity index (χ0v) is 29.9. The van der Waals surface area contributed by atoms with Crippen LogP contribution in [0.3, 0.4) is 0 Å². The summed E-state index contributed by atoms with van der Waals surface area (Å²) in [7, 11) is 3.00. The van der Waals surface area contributed by atoms with Crippen molar-refractivity contribution in [2.24, 2.45) is 4.99 Å². The van der Waals surface area contributed by atoms with Crippen molar-refractivity contribution in [1.82, 2.24) is 19.7 Å². The van der Waals surface area contributed by atoms with Gasteiger partial charge in [-0.15, -0.1) is 5.10 Å². The van der Waals surface area contributed by atoms with Gasteiger partial charge in [0.15, 0.2) is 22.1 Å². The van der Waals surface area contributed by atoms with Crippen LogP contribution in [0.25, 0.3) is 17.5 Å². The standard InChI is InChI=1S/C33H26Cl2N6O7S2/c1-5-48-31(43)27-16(2)36-33-40(28(27)18-7-10-23(46-3)24(14-18)47-4)30(42)26(50-33)13-17-6-11-25(22(12-17)41(44)45)49-32-37-29(38-39-32)20-9-8-19(34)15-21(20)35/h6-15,28H,5H2,1-4H3,(H,37,38,39)/b26-13+/t28-/m1/s1. The minimum absolute atomic E-state index is 0.125. The number of nitrogens with one attached hydrogen (secondary N) is 1. The quantitative estimate of drug-likeness (QED) is 0.102. The fourth-order valence-corrected chi connectivity index (χ4v) is 7.67. The Morgan fingerprint density at radius 1 is 1.12 bits per heavy atom. The molecule has 0 radical (unpaired) electrons. The van der Waals surface area contributed by atoms with Crippen LogP contribution in [-0.2, 0) is 9.53 Å². The zero-order valence-electron chi connectivity index (χ0n) is 26.7. The van der Waals surface area contributed by atoms with Gasteiger partial charge in [0.1, 0.15) is 0 Å². The molecular formula is C33H26Cl2N6O7S2. The van der Waals surface area contributed by atoms with Gasteiger partial charge in [0.05, 0.1) is 57.5 Å². The molecule has 5 aromatic rings. The highest BCUT2D eigenvalue weighted by Crippen LogP contribution is 2.37. The van der Waals surface area contributed by atoms with Crippen LogP contribution < -0.4 is 24.4 Å². The second-order valence-electron chi connectivity index (χ2n) is 10.6. The Morgan fingerprint density at radius 3 is 2.60 bits per heavy atom. The summed E-state index contributed by atoms with van der Waals surface area (Å²) in [4.78, 5) is 48.6. The molecular weight excluding hydrogens is 727 g/mol. The molecule has 17 heteroatoms. The summed E-state index contributed by atoms with van der Waals surface area (Å²) in [5.41, 5.74) is 1.47. The number of allylic oxidation sites excluding steroid dienone is 1. The second kappa shape index (κ2) is 14.5. The third-order valence-corrected chi connectivity index (χ3v) is 10.0. The lowest BCUT2D eigenvalue weighted by molar-refractivity contribution is -0.387. The summed E-state index contributed by atoms with van der Waals surface area (Å²) in [5, 5.41) is 20.2. The Bertz CT molecular complexity index is 2390. The molecule has 1 aliphatic rings. The number of hydrogen-bond donors (Lipinski definition) is 1. The zero-order chi connectivity index (χ0) is 35.7. The Morgan fingerprint density at radius 2 is 1.90 bits per heavy atom. The van der Waals surface area contributed by atoms with Gasteiger partial charge in [-0.3, -0.25) is 24.6 Å². The predicted molar refractivity (Wildman–Crippen MR) is 189 cm³/mol. The van der Waals surface area contributed by atoms with E-state index in [1.54, 1.807) is 68.5 Å². The first-order chi connectivity index (χ1) is 24.0. The fraction of sp³-hybridized carbons (Fsp3) is 0.182. The molecule has 0 fully saturated rings. The molecule has 0 saturated heterocycles. The van der Waals surface area contributed by atoms with Gasteiger partial charge in [-0.2, -0.15) is 0 Å². The van der Waals surface area contributed by atoms with E-state index in [9.17, 15) is 19.7 Å². The summed E-state index contributed by atoms with van der Waals surface area (Å²) in [6.45, 7) is 3.50. The second-order valence-corrected chi connectivity index (χ2v) is 13.5. The Balaban J connectivity index is 1.39. The summed E-state index contributed by atoms with van der Waals surface area (Å²) in [5.74, 6) is 0.642. The van der Waals surface area contributed by atoms with Gasteiger partial charge < -0.3 is 14.2 Å². The molecule has 50 heavy (non-hydrogen) atoms. The number of H-pyrrole nitrogens is 1. The molecule has 3 heterocycles. The molecule has 0 bridgehead atoms. The van der Waals surface area contributed by atoms with Gasteiger partial charge >= 0.3 is 5.97 Å². The number of esters is 1. The number of aromatic nitrogens is 4. The molecule has 2 aromatic heterocycles. The van der Waals surface area contributed by atoms with E-state index in [-0.39, 0.29) is 32.5 Å². The number of hydrogen-bond acceptors (Lipinski definition) is 12. The topological polar surface area (TPSA) is 164 Å². The van der Waals surface area contributed by atoms with Crippen LogP contribution in [0.5, 0.6) is 11.5 Å². The minimum Gasteiger partial charge on any atom is -0.493 e. The molecule has 13 nitrogen and oxygen atoms in total. The highest BCUT2D eigenvalue weighted by atomic mass is 35.5. The maximum Gasteiger partial charge on any atom is 0.338 e. The average Bonchev–Trinajstić information content (AvgIpc) is 3.67. The van der Waals surface area contributed by atoms with Crippen LogP contribution in [0.15, 0.2) is 85.7 Å². The molecule has 0 unspecified atom stereocenters. The third-order valence-electron chi connectivity index (χ3n) is 7.57. The maximum atomic E-state index is 14.1. The van der Waals surface area contributed by atoms with Crippen LogP contribution in [0, 0.1) is 10.1 Å². The van der Waals surface area contributed by atoms with Crippen molar-refractivity contribution in [3.63, 3.8) is 0 Å². The van der Waals surface area contributed by atoms with Gasteiger partial charge in [0, 0.05) is 16.7 Å². The van der Waals surface area contributed by atoms with Crippen LogP contribution in [0.1, 0.15) is 31.0 Å². The predicted octanol–water partition coefficient (Wildman–Crippen LogP) is 5.97. The molecule has 0 amide bonds. The number of halogens is 2. The maximum absolute atomic E-state index is 14.1. The average molecular weight is 754 g/mol. The molecule has 0 aliphatic carbocycles. The number of carbonyl (C=O) groups excluding carboxylic acids is 1. The van der Waals surface area contributed by atoms with E-state index in [1.165, 1.54) is 24.9 Å². The van der Waals surface area contributed by atoms with Crippen LogP contribution in [-0.4, -0.2) is 51.5 Å². The number of methoxy groups -OCH3 is 2. The van der Waals surface area contributed by atoms with E-state index in [0.29, 0.717) is 54.6 Å². The summed E-state index contributed by atoms with van der Waals surface area (Å²) < 4.78 is 17.9. The van der Waals surface area contributed by atoms with E-state index in [0.717, 1.165) is 23.1 Å². The number of nitrogens with zero attached hydrogens (tertiary/aromatic N) is 5. The highest BCUT2D eigenvalue weighted by Gasteiger charge is 2.34. The van der Waals surface area contributed by atoms with Gasteiger partial charge in [-0.05, 0) is 79.2 Å². The minimum atomic E-state index is -0.894. The molecule has 256 valence electrons. The van der Waals surface area contributed by atoms with Crippen molar-refractivity contribution in [1.29, 1.82) is 0 Å². The van der Waals surface area contributed by atoms with Crippen molar-refractivity contribution in [2.75, 3.05) is 20.8 Å². The fourth-order valence-electron chi connectivity index (χ4n) is 5.33. The number of aromatic amines is 1. The number of rotatable bonds is 10. The first-order valence-corrected chi connectivity index (χ1v) is 17.2.